The molecule has 1 aliphatic rings. The van der Waals surface area contributed by atoms with Crippen molar-refractivity contribution < 1.29 is 21.1 Å². The van der Waals surface area contributed by atoms with Gasteiger partial charge in [-0.05, 0) is 16.7 Å². The van der Waals surface area contributed by atoms with Crippen LogP contribution in [-0.2, 0) is 21.1 Å². The zero-order valence-electron chi connectivity index (χ0n) is 9.82. The van der Waals surface area contributed by atoms with Crippen molar-refractivity contribution in [3.8, 4) is 0 Å². The topological polar surface area (TPSA) is 0 Å². The maximum atomic E-state index is 2.24. The van der Waals surface area contributed by atoms with E-state index in [1.807, 2.05) is 12.1 Å². The first-order valence-corrected chi connectivity index (χ1v) is 5.81. The summed E-state index contributed by atoms with van der Waals surface area (Å²) in [6, 6.07) is 21.0. The standard InChI is InChI=1S/C17H13.Pt/c1-3-7-14(8-4-1)16-11-12-17(13-16)15-9-5-2-6-10-15;/h1-13H;. The fourth-order valence-electron chi connectivity index (χ4n) is 2.06. The van der Waals surface area contributed by atoms with Gasteiger partial charge in [0.2, 0.25) is 0 Å². The van der Waals surface area contributed by atoms with Crippen molar-refractivity contribution in [3.63, 3.8) is 0 Å². The van der Waals surface area contributed by atoms with Crippen LogP contribution in [0, 0.1) is 5.92 Å². The Kier molecular flexibility index (Phi) is 4.33. The van der Waals surface area contributed by atoms with Crippen LogP contribution in [0.2, 0.25) is 0 Å². The van der Waals surface area contributed by atoms with Crippen LogP contribution in [0.3, 0.4) is 0 Å². The summed E-state index contributed by atoms with van der Waals surface area (Å²) in [6.07, 6.45) is 6.60. The molecule has 0 bridgehead atoms. The van der Waals surface area contributed by atoms with Crippen molar-refractivity contribution >= 4 is 5.57 Å². The molecule has 0 atom stereocenters. The molecule has 1 heteroatoms. The Morgan fingerprint density at radius 1 is 0.556 bits per heavy atom. The van der Waals surface area contributed by atoms with Crippen LogP contribution in [0.1, 0.15) is 11.1 Å². The van der Waals surface area contributed by atoms with E-state index in [9.17, 15) is 0 Å². The molecule has 0 aliphatic heterocycles. The quantitative estimate of drug-likeness (QED) is 0.692. The largest absolute Gasteiger partial charge is 0.0680 e. The third-order valence-electron chi connectivity index (χ3n) is 2.97. The van der Waals surface area contributed by atoms with Gasteiger partial charge in [0.15, 0.2) is 0 Å². The summed E-state index contributed by atoms with van der Waals surface area (Å²) in [5.74, 6) is 1.28. The van der Waals surface area contributed by atoms with Gasteiger partial charge in [0.25, 0.3) is 0 Å². The van der Waals surface area contributed by atoms with Crippen LogP contribution in [0.5, 0.6) is 0 Å². The molecule has 0 nitrogen and oxygen atoms in total. The molecule has 1 aliphatic carbocycles. The number of rotatable bonds is 2. The first-order chi connectivity index (χ1) is 8.43. The molecule has 0 heterocycles. The van der Waals surface area contributed by atoms with Crippen LogP contribution in [0.15, 0.2) is 78.9 Å². The van der Waals surface area contributed by atoms with E-state index in [1.165, 1.54) is 22.6 Å². The van der Waals surface area contributed by atoms with Crippen LogP contribution in [0.4, 0.5) is 0 Å². The molecule has 0 saturated carbocycles. The van der Waals surface area contributed by atoms with Crippen LogP contribution in [-0.4, -0.2) is 0 Å². The molecule has 0 aromatic heterocycles. The van der Waals surface area contributed by atoms with Gasteiger partial charge in [0.05, 0.1) is 0 Å². The summed E-state index contributed by atoms with van der Waals surface area (Å²) in [5, 5.41) is 0. The molecular formula is C17H13Pt. The van der Waals surface area contributed by atoms with E-state index in [2.05, 4.69) is 66.8 Å². The molecule has 0 unspecified atom stereocenters. The van der Waals surface area contributed by atoms with Crippen molar-refractivity contribution in [1.29, 1.82) is 0 Å². The Morgan fingerprint density at radius 3 is 1.72 bits per heavy atom. The average molecular weight is 412 g/mol. The summed E-state index contributed by atoms with van der Waals surface area (Å²) < 4.78 is 0. The minimum Gasteiger partial charge on any atom is -0.0680 e. The second kappa shape index (κ2) is 5.98. The van der Waals surface area contributed by atoms with Crippen molar-refractivity contribution in [2.45, 2.75) is 0 Å². The van der Waals surface area contributed by atoms with Crippen LogP contribution in [0.25, 0.3) is 5.57 Å². The number of hydrogen-bond acceptors (Lipinski definition) is 0. The third kappa shape index (κ3) is 2.71. The normalized spacial score (nSPS) is 14.1. The molecule has 0 saturated heterocycles. The van der Waals surface area contributed by atoms with Gasteiger partial charge in [-0.25, -0.2) is 0 Å². The van der Waals surface area contributed by atoms with E-state index < -0.39 is 0 Å². The number of benzene rings is 2. The Balaban J connectivity index is 0.00000120. The minimum absolute atomic E-state index is 0. The first kappa shape index (κ1) is 13.0. The van der Waals surface area contributed by atoms with Gasteiger partial charge in [0.1, 0.15) is 0 Å². The van der Waals surface area contributed by atoms with Crippen molar-refractivity contribution in [2.24, 2.45) is 0 Å². The molecule has 2 aromatic carbocycles. The molecule has 0 N–H and O–H groups in total. The Bertz CT molecular complexity index is 553. The van der Waals surface area contributed by atoms with Gasteiger partial charge in [-0.2, -0.15) is 0 Å². The maximum absolute atomic E-state index is 2.24. The summed E-state index contributed by atoms with van der Waals surface area (Å²) in [6.45, 7) is 0. The summed E-state index contributed by atoms with van der Waals surface area (Å²) in [4.78, 5) is 0. The van der Waals surface area contributed by atoms with Gasteiger partial charge >= 0.3 is 0 Å². The van der Waals surface area contributed by atoms with Gasteiger partial charge in [-0.3, -0.25) is 0 Å². The zero-order valence-corrected chi connectivity index (χ0v) is 12.1. The summed E-state index contributed by atoms with van der Waals surface area (Å²) >= 11 is 0. The third-order valence-corrected chi connectivity index (χ3v) is 2.97. The second-order valence-electron chi connectivity index (χ2n) is 4.12. The summed E-state index contributed by atoms with van der Waals surface area (Å²) in [7, 11) is 0. The maximum Gasteiger partial charge on any atom is 0.0491 e. The predicted octanol–water partition coefficient (Wildman–Crippen LogP) is 4.26. The fourth-order valence-corrected chi connectivity index (χ4v) is 2.06. The smallest absolute Gasteiger partial charge is 0.0491 e. The van der Waals surface area contributed by atoms with Crippen LogP contribution >= 0.6 is 0 Å². The molecule has 18 heavy (non-hydrogen) atoms. The van der Waals surface area contributed by atoms with Gasteiger partial charge in [-0.1, -0.05) is 78.9 Å². The minimum atomic E-state index is 0. The molecule has 3 rings (SSSR count). The molecule has 2 aromatic rings. The predicted molar refractivity (Wildman–Crippen MR) is 72.3 cm³/mol. The van der Waals surface area contributed by atoms with E-state index in [1.54, 1.807) is 0 Å². The molecular weight excluding hydrogens is 399 g/mol. The van der Waals surface area contributed by atoms with Crippen molar-refractivity contribution in [1.82, 2.24) is 0 Å². The Labute approximate surface area is 122 Å². The molecule has 0 amide bonds. The zero-order chi connectivity index (χ0) is 11.5. The fraction of sp³-hybridized carbons (Fsp3) is 0. The van der Waals surface area contributed by atoms with Crippen LogP contribution < -0.4 is 0 Å². The Morgan fingerprint density at radius 2 is 1.11 bits per heavy atom. The number of allylic oxidation sites excluding steroid dienone is 4. The molecule has 1 radical (unpaired) electrons. The molecule has 0 fully saturated rings. The van der Waals surface area contributed by atoms with Crippen molar-refractivity contribution in [2.75, 3.05) is 0 Å². The molecule has 0 spiro atoms. The Hall–Kier alpha value is -1.39. The monoisotopic (exact) mass is 412 g/mol. The van der Waals surface area contributed by atoms with E-state index in [4.69, 9.17) is 0 Å². The van der Waals surface area contributed by atoms with E-state index in [0.29, 0.717) is 0 Å². The average Bonchev–Trinajstić information content (AvgIpc) is 2.90. The first-order valence-electron chi connectivity index (χ1n) is 5.81. The number of hydrogen-bond donors (Lipinski definition) is 0. The van der Waals surface area contributed by atoms with Crippen molar-refractivity contribution in [3.05, 3.63) is 95.9 Å². The van der Waals surface area contributed by atoms with Gasteiger partial charge in [-0.15, -0.1) is 0 Å². The SMILES string of the molecule is C1=CC(c2ccccc2)=C[C]1c1ccccc1.[Pt]. The summed E-state index contributed by atoms with van der Waals surface area (Å²) in [5.41, 5.74) is 3.83. The second-order valence-corrected chi connectivity index (χ2v) is 4.12. The van der Waals surface area contributed by atoms with Gasteiger partial charge in [0, 0.05) is 27.0 Å². The van der Waals surface area contributed by atoms with E-state index >= 15 is 0 Å². The van der Waals surface area contributed by atoms with E-state index in [-0.39, 0.29) is 21.1 Å². The molecule has 91 valence electrons. The van der Waals surface area contributed by atoms with Gasteiger partial charge < -0.3 is 0 Å². The van der Waals surface area contributed by atoms with E-state index in [0.717, 1.165) is 0 Å².